The molecule has 0 aliphatic rings. The number of thiazole rings is 1. The Kier molecular flexibility index (Phi) is 4.78. The third-order valence-corrected chi connectivity index (χ3v) is 4.30. The van der Waals surface area contributed by atoms with E-state index < -0.39 is 0 Å². The standard InChI is InChI=1S/C18H16N2O2S/c1-13(14-6-3-2-4-7-14)22-17(21)10-16-12-23-18(20-16)15-8-5-9-19-11-15/h2-9,11-13H,10H2,1H3/t13-/m1/s1. The van der Waals surface area contributed by atoms with Crippen molar-refractivity contribution < 1.29 is 9.53 Å². The van der Waals surface area contributed by atoms with Crippen LogP contribution in [0.3, 0.4) is 0 Å². The topological polar surface area (TPSA) is 52.1 Å². The average molecular weight is 324 g/mol. The molecule has 3 rings (SSSR count). The number of esters is 1. The van der Waals surface area contributed by atoms with E-state index >= 15 is 0 Å². The van der Waals surface area contributed by atoms with Crippen LogP contribution in [-0.4, -0.2) is 15.9 Å². The average Bonchev–Trinajstić information content (AvgIpc) is 3.04. The lowest BCUT2D eigenvalue weighted by Gasteiger charge is -2.12. The van der Waals surface area contributed by atoms with Gasteiger partial charge in [-0.3, -0.25) is 9.78 Å². The Bertz CT molecular complexity index is 772. The van der Waals surface area contributed by atoms with E-state index in [1.807, 2.05) is 54.8 Å². The molecule has 0 fully saturated rings. The summed E-state index contributed by atoms with van der Waals surface area (Å²) in [6.07, 6.45) is 3.40. The molecule has 5 heteroatoms. The van der Waals surface area contributed by atoms with Gasteiger partial charge in [-0.1, -0.05) is 30.3 Å². The van der Waals surface area contributed by atoms with Gasteiger partial charge in [0.25, 0.3) is 0 Å². The van der Waals surface area contributed by atoms with E-state index in [2.05, 4.69) is 9.97 Å². The van der Waals surface area contributed by atoms with Gasteiger partial charge in [-0.05, 0) is 24.6 Å². The molecule has 1 aromatic carbocycles. The lowest BCUT2D eigenvalue weighted by molar-refractivity contribution is -0.147. The van der Waals surface area contributed by atoms with Crippen LogP contribution in [0, 0.1) is 0 Å². The Morgan fingerprint density at radius 2 is 2.04 bits per heavy atom. The molecule has 116 valence electrons. The molecule has 0 aliphatic heterocycles. The van der Waals surface area contributed by atoms with E-state index in [4.69, 9.17) is 4.74 Å². The van der Waals surface area contributed by atoms with Crippen molar-refractivity contribution >= 4 is 17.3 Å². The van der Waals surface area contributed by atoms with Crippen LogP contribution in [0.5, 0.6) is 0 Å². The Balaban J connectivity index is 1.61. The summed E-state index contributed by atoms with van der Waals surface area (Å²) in [5, 5.41) is 2.74. The molecule has 0 N–H and O–H groups in total. The van der Waals surface area contributed by atoms with Gasteiger partial charge >= 0.3 is 5.97 Å². The molecule has 0 unspecified atom stereocenters. The highest BCUT2D eigenvalue weighted by atomic mass is 32.1. The number of aromatic nitrogens is 2. The first-order valence-electron chi connectivity index (χ1n) is 7.31. The van der Waals surface area contributed by atoms with Crippen molar-refractivity contribution in [2.24, 2.45) is 0 Å². The molecule has 1 atom stereocenters. The first-order chi connectivity index (χ1) is 11.2. The number of rotatable bonds is 5. The Morgan fingerprint density at radius 3 is 2.78 bits per heavy atom. The minimum atomic E-state index is -0.274. The van der Waals surface area contributed by atoms with E-state index in [0.29, 0.717) is 0 Å². The van der Waals surface area contributed by atoms with E-state index in [9.17, 15) is 4.79 Å². The molecular formula is C18H16N2O2S. The van der Waals surface area contributed by atoms with Crippen molar-refractivity contribution in [1.82, 2.24) is 9.97 Å². The number of hydrogen-bond donors (Lipinski definition) is 0. The number of benzene rings is 1. The smallest absolute Gasteiger partial charge is 0.312 e. The highest BCUT2D eigenvalue weighted by molar-refractivity contribution is 7.13. The maximum absolute atomic E-state index is 12.1. The molecule has 0 amide bonds. The number of ether oxygens (including phenoxy) is 1. The lowest BCUT2D eigenvalue weighted by Crippen LogP contribution is -2.11. The van der Waals surface area contributed by atoms with Gasteiger partial charge < -0.3 is 4.74 Å². The zero-order chi connectivity index (χ0) is 16.1. The largest absolute Gasteiger partial charge is 0.457 e. The Morgan fingerprint density at radius 1 is 1.22 bits per heavy atom. The molecule has 0 bridgehead atoms. The third-order valence-electron chi connectivity index (χ3n) is 3.36. The number of hydrogen-bond acceptors (Lipinski definition) is 5. The van der Waals surface area contributed by atoms with E-state index in [1.165, 1.54) is 11.3 Å². The van der Waals surface area contributed by atoms with Gasteiger partial charge in [0, 0.05) is 23.3 Å². The number of pyridine rings is 1. The summed E-state index contributed by atoms with van der Waals surface area (Å²) in [5.74, 6) is -0.274. The Labute approximate surface area is 138 Å². The monoisotopic (exact) mass is 324 g/mol. The van der Waals surface area contributed by atoms with Crippen molar-refractivity contribution in [1.29, 1.82) is 0 Å². The summed E-state index contributed by atoms with van der Waals surface area (Å²) in [5.41, 5.74) is 2.66. The summed E-state index contributed by atoms with van der Waals surface area (Å²) in [4.78, 5) is 20.6. The molecule has 0 spiro atoms. The van der Waals surface area contributed by atoms with Gasteiger partial charge in [-0.15, -0.1) is 11.3 Å². The maximum atomic E-state index is 12.1. The van der Waals surface area contributed by atoms with Gasteiger partial charge in [-0.2, -0.15) is 0 Å². The zero-order valence-corrected chi connectivity index (χ0v) is 13.5. The second-order valence-electron chi connectivity index (χ2n) is 5.11. The molecule has 23 heavy (non-hydrogen) atoms. The van der Waals surface area contributed by atoms with Crippen LogP contribution in [-0.2, 0) is 16.0 Å². The number of carbonyl (C=O) groups excluding carboxylic acids is 1. The first-order valence-corrected chi connectivity index (χ1v) is 8.19. The molecule has 0 saturated carbocycles. The van der Waals surface area contributed by atoms with Crippen molar-refractivity contribution in [3.63, 3.8) is 0 Å². The highest BCUT2D eigenvalue weighted by Crippen LogP contribution is 2.23. The molecule has 3 aromatic rings. The second-order valence-corrected chi connectivity index (χ2v) is 5.96. The zero-order valence-electron chi connectivity index (χ0n) is 12.7. The first kappa shape index (κ1) is 15.4. The normalized spacial score (nSPS) is 11.9. The van der Waals surface area contributed by atoms with Gasteiger partial charge in [0.1, 0.15) is 11.1 Å². The third kappa shape index (κ3) is 4.02. The highest BCUT2D eigenvalue weighted by Gasteiger charge is 2.14. The summed E-state index contributed by atoms with van der Waals surface area (Å²) in [7, 11) is 0. The minimum Gasteiger partial charge on any atom is -0.457 e. The second kappa shape index (κ2) is 7.15. The predicted molar refractivity (Wildman–Crippen MR) is 90.0 cm³/mol. The lowest BCUT2D eigenvalue weighted by atomic mass is 10.1. The van der Waals surface area contributed by atoms with Gasteiger partial charge in [0.05, 0.1) is 12.1 Å². The molecule has 0 radical (unpaired) electrons. The molecular weight excluding hydrogens is 308 g/mol. The van der Waals surface area contributed by atoms with E-state index in [0.717, 1.165) is 21.8 Å². The van der Waals surface area contributed by atoms with Gasteiger partial charge in [0.15, 0.2) is 0 Å². The molecule has 0 aliphatic carbocycles. The summed E-state index contributed by atoms with van der Waals surface area (Å²) < 4.78 is 5.47. The number of carbonyl (C=O) groups is 1. The maximum Gasteiger partial charge on any atom is 0.312 e. The van der Waals surface area contributed by atoms with Crippen molar-refractivity contribution in [3.8, 4) is 10.6 Å². The fraction of sp³-hybridized carbons (Fsp3) is 0.167. The van der Waals surface area contributed by atoms with Crippen LogP contribution in [0.15, 0.2) is 60.2 Å². The van der Waals surface area contributed by atoms with Crippen LogP contribution in [0.25, 0.3) is 10.6 Å². The molecule has 0 saturated heterocycles. The van der Waals surface area contributed by atoms with Gasteiger partial charge in [0.2, 0.25) is 0 Å². The SMILES string of the molecule is C[C@@H](OC(=O)Cc1csc(-c2cccnc2)n1)c1ccccc1. The fourth-order valence-corrected chi connectivity index (χ4v) is 3.00. The predicted octanol–water partition coefficient (Wildman–Crippen LogP) is 4.05. The van der Waals surface area contributed by atoms with Crippen LogP contribution in [0.2, 0.25) is 0 Å². The Hall–Kier alpha value is -2.53. The summed E-state index contributed by atoms with van der Waals surface area (Å²) >= 11 is 1.50. The van der Waals surface area contributed by atoms with Crippen LogP contribution >= 0.6 is 11.3 Å². The van der Waals surface area contributed by atoms with E-state index in [-0.39, 0.29) is 18.5 Å². The van der Waals surface area contributed by atoms with Gasteiger partial charge in [-0.25, -0.2) is 4.98 Å². The van der Waals surface area contributed by atoms with Crippen molar-refractivity contribution in [2.45, 2.75) is 19.4 Å². The quantitative estimate of drug-likeness (QED) is 0.664. The van der Waals surface area contributed by atoms with Crippen molar-refractivity contribution in [2.75, 3.05) is 0 Å². The van der Waals surface area contributed by atoms with E-state index in [1.54, 1.807) is 12.4 Å². The van der Waals surface area contributed by atoms with Crippen LogP contribution in [0.4, 0.5) is 0 Å². The molecule has 4 nitrogen and oxygen atoms in total. The summed E-state index contributed by atoms with van der Waals surface area (Å²) in [6.45, 7) is 1.87. The summed E-state index contributed by atoms with van der Waals surface area (Å²) in [6, 6.07) is 13.5. The minimum absolute atomic E-state index is 0.175. The van der Waals surface area contributed by atoms with Crippen LogP contribution < -0.4 is 0 Å². The van der Waals surface area contributed by atoms with Crippen molar-refractivity contribution in [3.05, 3.63) is 71.5 Å². The molecule has 2 aromatic heterocycles. The number of nitrogens with zero attached hydrogens (tertiary/aromatic N) is 2. The fourth-order valence-electron chi connectivity index (χ4n) is 2.19. The molecule has 2 heterocycles. The van der Waals surface area contributed by atoms with Crippen LogP contribution in [0.1, 0.15) is 24.3 Å².